The van der Waals surface area contributed by atoms with Gasteiger partial charge in [-0.3, -0.25) is 14.5 Å². The summed E-state index contributed by atoms with van der Waals surface area (Å²) in [5, 5.41) is 5.93. The van der Waals surface area contributed by atoms with E-state index in [-0.39, 0.29) is 30.3 Å². The van der Waals surface area contributed by atoms with Crippen LogP contribution in [0.25, 0.3) is 0 Å². The molecule has 0 bridgehead atoms. The van der Waals surface area contributed by atoms with Crippen LogP contribution in [-0.4, -0.2) is 36.3 Å². The lowest BCUT2D eigenvalue weighted by molar-refractivity contribution is -0.123. The monoisotopic (exact) mass is 383 g/mol. The zero-order chi connectivity index (χ0) is 19.8. The smallest absolute Gasteiger partial charge is 0.222 e. The second kappa shape index (κ2) is 10.1. The van der Waals surface area contributed by atoms with E-state index < -0.39 is 0 Å². The number of carbonyl (C=O) groups is 2. The van der Waals surface area contributed by atoms with Gasteiger partial charge in [0, 0.05) is 13.5 Å². The van der Waals surface area contributed by atoms with Gasteiger partial charge in [0.2, 0.25) is 11.8 Å². The van der Waals surface area contributed by atoms with Gasteiger partial charge in [-0.1, -0.05) is 36.8 Å². The molecule has 3 rings (SSSR count). The molecule has 0 unspecified atom stereocenters. The second-order valence-corrected chi connectivity index (χ2v) is 7.30. The normalized spacial score (nSPS) is 16.9. The fraction of sp³-hybridized carbons (Fsp3) is 0.455. The van der Waals surface area contributed by atoms with Crippen LogP contribution in [0.5, 0.6) is 0 Å². The molecule has 2 heterocycles. The van der Waals surface area contributed by atoms with E-state index in [0.29, 0.717) is 6.54 Å². The molecular formula is C22H29N3O3. The largest absolute Gasteiger partial charge is 0.468 e. The molecule has 1 aromatic carbocycles. The third-order valence-corrected chi connectivity index (χ3v) is 5.16. The van der Waals surface area contributed by atoms with E-state index in [4.69, 9.17) is 4.42 Å². The Morgan fingerprint density at radius 2 is 1.82 bits per heavy atom. The number of piperidine rings is 1. The van der Waals surface area contributed by atoms with Gasteiger partial charge in [0.25, 0.3) is 0 Å². The number of furan rings is 1. The zero-order valence-corrected chi connectivity index (χ0v) is 16.4. The highest BCUT2D eigenvalue weighted by atomic mass is 16.3. The molecule has 2 atom stereocenters. The number of carbonyl (C=O) groups excluding carboxylic acids is 2. The molecule has 1 fully saturated rings. The molecule has 2 N–H and O–H groups in total. The molecule has 1 aliphatic heterocycles. The molecule has 1 saturated heterocycles. The molecule has 0 saturated carbocycles. The van der Waals surface area contributed by atoms with Crippen LogP contribution in [-0.2, 0) is 9.59 Å². The van der Waals surface area contributed by atoms with Gasteiger partial charge in [0.1, 0.15) is 5.76 Å². The van der Waals surface area contributed by atoms with Crippen molar-refractivity contribution in [3.05, 3.63) is 60.1 Å². The highest BCUT2D eigenvalue weighted by molar-refractivity contribution is 5.79. The zero-order valence-electron chi connectivity index (χ0n) is 16.4. The Balaban J connectivity index is 1.62. The van der Waals surface area contributed by atoms with E-state index in [9.17, 15) is 9.59 Å². The summed E-state index contributed by atoms with van der Waals surface area (Å²) < 4.78 is 5.63. The Morgan fingerprint density at radius 3 is 2.46 bits per heavy atom. The van der Waals surface area contributed by atoms with Crippen molar-refractivity contribution in [3.8, 4) is 0 Å². The number of amides is 2. The topological polar surface area (TPSA) is 74.6 Å². The summed E-state index contributed by atoms with van der Waals surface area (Å²) >= 11 is 0. The summed E-state index contributed by atoms with van der Waals surface area (Å²) in [6, 6.07) is 13.1. The van der Waals surface area contributed by atoms with E-state index in [1.54, 1.807) is 6.26 Å². The molecule has 0 radical (unpaired) electrons. The van der Waals surface area contributed by atoms with Crippen molar-refractivity contribution < 1.29 is 14.0 Å². The van der Waals surface area contributed by atoms with Gasteiger partial charge < -0.3 is 15.1 Å². The third-order valence-electron chi connectivity index (χ3n) is 5.16. The summed E-state index contributed by atoms with van der Waals surface area (Å²) in [7, 11) is 0. The van der Waals surface area contributed by atoms with E-state index in [2.05, 4.69) is 15.5 Å². The second-order valence-electron chi connectivity index (χ2n) is 7.30. The Morgan fingerprint density at radius 1 is 1.07 bits per heavy atom. The first-order chi connectivity index (χ1) is 13.6. The lowest BCUT2D eigenvalue weighted by atomic mass is 10.0. The van der Waals surface area contributed by atoms with E-state index >= 15 is 0 Å². The van der Waals surface area contributed by atoms with Gasteiger partial charge in [-0.2, -0.15) is 0 Å². The van der Waals surface area contributed by atoms with E-state index in [0.717, 1.165) is 24.4 Å². The standard InChI is InChI=1S/C22H29N3O3/c1-17(26)24-19(18-9-4-2-5-10-18)15-22(27)23-16-20(21-11-8-14-28-21)25-12-6-3-7-13-25/h2,4-5,8-11,14,19-20H,3,6-7,12-13,15-16H2,1H3,(H,23,27)(H,24,26)/t19-,20-/m0/s1. The van der Waals surface area contributed by atoms with Gasteiger partial charge in [-0.25, -0.2) is 0 Å². The van der Waals surface area contributed by atoms with Crippen LogP contribution in [0.2, 0.25) is 0 Å². The van der Waals surface area contributed by atoms with Gasteiger partial charge in [0.15, 0.2) is 0 Å². The third kappa shape index (κ3) is 5.70. The maximum Gasteiger partial charge on any atom is 0.222 e. The Labute approximate surface area is 166 Å². The molecule has 0 aliphatic carbocycles. The first kappa shape index (κ1) is 20.1. The number of nitrogens with one attached hydrogen (secondary N) is 2. The fourth-order valence-electron chi connectivity index (χ4n) is 3.77. The summed E-state index contributed by atoms with van der Waals surface area (Å²) in [6.07, 6.45) is 5.47. The van der Waals surface area contributed by atoms with E-state index in [1.165, 1.54) is 26.2 Å². The first-order valence-electron chi connectivity index (χ1n) is 9.99. The molecule has 0 spiro atoms. The molecule has 6 nitrogen and oxygen atoms in total. The highest BCUT2D eigenvalue weighted by Crippen LogP contribution is 2.25. The minimum atomic E-state index is -0.337. The van der Waals surface area contributed by atoms with Crippen molar-refractivity contribution >= 4 is 11.8 Å². The molecule has 1 aliphatic rings. The Hall–Kier alpha value is -2.60. The average molecular weight is 383 g/mol. The molecule has 6 heteroatoms. The minimum absolute atomic E-state index is 0.0372. The van der Waals surface area contributed by atoms with Crippen LogP contribution in [0, 0.1) is 0 Å². The number of likely N-dealkylation sites (tertiary alicyclic amines) is 1. The van der Waals surface area contributed by atoms with Crippen molar-refractivity contribution in [2.45, 2.75) is 44.7 Å². The maximum absolute atomic E-state index is 12.7. The molecule has 1 aromatic heterocycles. The number of rotatable bonds is 8. The van der Waals surface area contributed by atoms with E-state index in [1.807, 2.05) is 42.5 Å². The maximum atomic E-state index is 12.7. The average Bonchev–Trinajstić information content (AvgIpc) is 3.23. The van der Waals surface area contributed by atoms with Crippen molar-refractivity contribution in [1.82, 2.24) is 15.5 Å². The summed E-state index contributed by atoms with van der Waals surface area (Å²) in [5.41, 5.74) is 0.923. The van der Waals surface area contributed by atoms with Crippen LogP contribution in [0.15, 0.2) is 53.1 Å². The predicted octanol–water partition coefficient (Wildman–Crippen LogP) is 3.19. The number of hydrogen-bond donors (Lipinski definition) is 2. The Kier molecular flexibility index (Phi) is 7.25. The van der Waals surface area contributed by atoms with Crippen molar-refractivity contribution in [2.75, 3.05) is 19.6 Å². The molecule has 28 heavy (non-hydrogen) atoms. The van der Waals surface area contributed by atoms with Crippen LogP contribution >= 0.6 is 0 Å². The summed E-state index contributed by atoms with van der Waals surface area (Å²) in [6.45, 7) is 3.99. The Bertz CT molecular complexity index is 740. The van der Waals surface area contributed by atoms with Crippen LogP contribution < -0.4 is 10.6 Å². The fourth-order valence-corrected chi connectivity index (χ4v) is 3.77. The van der Waals surface area contributed by atoms with Gasteiger partial charge in [-0.05, 0) is 43.6 Å². The molecular weight excluding hydrogens is 354 g/mol. The number of nitrogens with zero attached hydrogens (tertiary/aromatic N) is 1. The number of benzene rings is 1. The minimum Gasteiger partial charge on any atom is -0.468 e. The van der Waals surface area contributed by atoms with Crippen LogP contribution in [0.1, 0.15) is 56.0 Å². The van der Waals surface area contributed by atoms with Crippen molar-refractivity contribution in [3.63, 3.8) is 0 Å². The van der Waals surface area contributed by atoms with Gasteiger partial charge in [-0.15, -0.1) is 0 Å². The van der Waals surface area contributed by atoms with Crippen LogP contribution in [0.4, 0.5) is 0 Å². The molecule has 2 aromatic rings. The van der Waals surface area contributed by atoms with Gasteiger partial charge >= 0.3 is 0 Å². The summed E-state index contributed by atoms with van der Waals surface area (Å²) in [4.78, 5) is 26.6. The predicted molar refractivity (Wildman–Crippen MR) is 107 cm³/mol. The lowest BCUT2D eigenvalue weighted by Crippen LogP contribution is -2.41. The quantitative estimate of drug-likeness (QED) is 0.734. The highest BCUT2D eigenvalue weighted by Gasteiger charge is 2.25. The first-order valence-corrected chi connectivity index (χ1v) is 9.99. The SMILES string of the molecule is CC(=O)N[C@@H](CC(=O)NC[C@@H](c1ccco1)N1CCCCC1)c1ccccc1. The number of hydrogen-bond acceptors (Lipinski definition) is 4. The molecule has 150 valence electrons. The van der Waals surface area contributed by atoms with Gasteiger partial charge in [0.05, 0.1) is 24.8 Å². The molecule has 2 amide bonds. The van der Waals surface area contributed by atoms with Crippen LogP contribution in [0.3, 0.4) is 0 Å². The lowest BCUT2D eigenvalue weighted by Gasteiger charge is -2.33. The van der Waals surface area contributed by atoms with Crippen molar-refractivity contribution in [2.24, 2.45) is 0 Å². The summed E-state index contributed by atoms with van der Waals surface area (Å²) in [5.74, 6) is 0.642. The van der Waals surface area contributed by atoms with Crippen molar-refractivity contribution in [1.29, 1.82) is 0 Å².